The molecule has 10 heteroatoms. The first-order valence-electron chi connectivity index (χ1n) is 5.47. The van der Waals surface area contributed by atoms with Gasteiger partial charge in [-0.25, -0.2) is 22.9 Å². The first kappa shape index (κ1) is 13.4. The Morgan fingerprint density at radius 1 is 1.58 bits per heavy atom. The van der Waals surface area contributed by atoms with Crippen LogP contribution in [-0.4, -0.2) is 55.3 Å². The van der Waals surface area contributed by atoms with Crippen LogP contribution in [0.25, 0.3) is 0 Å². The summed E-state index contributed by atoms with van der Waals surface area (Å²) in [6, 6.07) is -0.545. The lowest BCUT2D eigenvalue weighted by molar-refractivity contribution is 0.151. The van der Waals surface area contributed by atoms with Gasteiger partial charge in [0.25, 0.3) is 0 Å². The van der Waals surface area contributed by atoms with Gasteiger partial charge in [-0.2, -0.15) is 5.01 Å². The Labute approximate surface area is 110 Å². The molecule has 0 bridgehead atoms. The fourth-order valence-corrected chi connectivity index (χ4v) is 2.99. The van der Waals surface area contributed by atoms with Gasteiger partial charge < -0.3 is 0 Å². The summed E-state index contributed by atoms with van der Waals surface area (Å²) in [7, 11) is -3.69. The van der Waals surface area contributed by atoms with E-state index in [1.54, 1.807) is 6.92 Å². The highest BCUT2D eigenvalue weighted by atomic mass is 32.2. The van der Waals surface area contributed by atoms with Gasteiger partial charge in [0, 0.05) is 6.54 Å². The van der Waals surface area contributed by atoms with E-state index in [2.05, 4.69) is 26.0 Å². The highest BCUT2D eigenvalue weighted by Crippen LogP contribution is 2.24. The zero-order valence-electron chi connectivity index (χ0n) is 10.1. The standard InChI is InChI=1S/C9H12N6O3S/c1-3-5-15-9(16)14-6-10-8(7(14)12-13-15)19(17,18)11-4-2/h1,6-8,11H,4-5H2,2H3. The second-order valence-corrected chi connectivity index (χ2v) is 5.63. The first-order valence-corrected chi connectivity index (χ1v) is 7.01. The molecule has 2 aliphatic rings. The van der Waals surface area contributed by atoms with Crippen molar-refractivity contribution in [1.29, 1.82) is 0 Å². The van der Waals surface area contributed by atoms with Crippen molar-refractivity contribution in [3.05, 3.63) is 0 Å². The SMILES string of the molecule is C#CCN1N=NC2C(S(=O)(=O)NCC)N=CN2C1=O. The summed E-state index contributed by atoms with van der Waals surface area (Å²) in [4.78, 5) is 16.8. The van der Waals surface area contributed by atoms with Crippen LogP contribution in [0.3, 0.4) is 0 Å². The van der Waals surface area contributed by atoms with Crippen molar-refractivity contribution in [3.63, 3.8) is 0 Å². The minimum atomic E-state index is -3.69. The lowest BCUT2D eigenvalue weighted by atomic mass is 10.4. The first-order chi connectivity index (χ1) is 9.01. The molecule has 0 aliphatic carbocycles. The van der Waals surface area contributed by atoms with Crippen LogP contribution in [0.5, 0.6) is 0 Å². The average Bonchev–Trinajstić information content (AvgIpc) is 2.78. The van der Waals surface area contributed by atoms with E-state index < -0.39 is 27.6 Å². The summed E-state index contributed by atoms with van der Waals surface area (Å²) in [6.45, 7) is 1.84. The molecule has 1 N–H and O–H groups in total. The monoisotopic (exact) mass is 284 g/mol. The molecule has 0 aromatic rings. The molecule has 2 aliphatic heterocycles. The minimum Gasteiger partial charge on any atom is -0.255 e. The third-order valence-corrected chi connectivity index (χ3v) is 4.19. The van der Waals surface area contributed by atoms with Crippen molar-refractivity contribution < 1.29 is 13.2 Å². The van der Waals surface area contributed by atoms with Crippen molar-refractivity contribution in [2.45, 2.75) is 18.5 Å². The number of hydrogen-bond donors (Lipinski definition) is 1. The number of carbonyl (C=O) groups is 1. The van der Waals surface area contributed by atoms with E-state index in [0.29, 0.717) is 0 Å². The van der Waals surface area contributed by atoms with Gasteiger partial charge in [0.1, 0.15) is 6.54 Å². The average molecular weight is 284 g/mol. The zero-order chi connectivity index (χ0) is 14.0. The Kier molecular flexibility index (Phi) is 3.50. The molecule has 0 fully saturated rings. The minimum absolute atomic E-state index is 0.0377. The number of rotatable bonds is 4. The highest BCUT2D eigenvalue weighted by Gasteiger charge is 2.46. The van der Waals surface area contributed by atoms with Crippen LogP contribution in [-0.2, 0) is 10.0 Å². The van der Waals surface area contributed by atoms with Gasteiger partial charge in [-0.1, -0.05) is 18.1 Å². The quantitative estimate of drug-likeness (QED) is 0.693. The van der Waals surface area contributed by atoms with Crippen molar-refractivity contribution in [1.82, 2.24) is 14.6 Å². The summed E-state index contributed by atoms with van der Waals surface area (Å²) in [5, 5.41) is 7.18. The Balaban J connectivity index is 2.25. The highest BCUT2D eigenvalue weighted by molar-refractivity contribution is 7.90. The van der Waals surface area contributed by atoms with Crippen LogP contribution in [0.4, 0.5) is 4.79 Å². The molecule has 0 aromatic carbocycles. The summed E-state index contributed by atoms with van der Waals surface area (Å²) in [6.07, 6.45) is 5.26. The number of fused-ring (bicyclic) bond motifs is 1. The molecule has 0 saturated heterocycles. The smallest absolute Gasteiger partial charge is 0.255 e. The number of hydrogen-bond acceptors (Lipinski definition) is 6. The maximum absolute atomic E-state index is 11.9. The molecular formula is C9H12N6O3S. The molecule has 2 heterocycles. The third-order valence-electron chi connectivity index (χ3n) is 2.50. The summed E-state index contributed by atoms with van der Waals surface area (Å²) in [5.41, 5.74) is 0. The molecule has 0 radical (unpaired) electrons. The van der Waals surface area contributed by atoms with Gasteiger partial charge in [-0.3, -0.25) is 4.90 Å². The number of aliphatic imine (C=N–C) groups is 1. The molecule has 0 saturated carbocycles. The Hall–Kier alpha value is -1.99. The van der Waals surface area contributed by atoms with E-state index in [9.17, 15) is 13.2 Å². The van der Waals surface area contributed by atoms with E-state index in [4.69, 9.17) is 6.42 Å². The number of sulfonamides is 1. The maximum atomic E-state index is 11.9. The fraction of sp³-hybridized carbons (Fsp3) is 0.556. The molecule has 9 nitrogen and oxygen atoms in total. The van der Waals surface area contributed by atoms with Crippen molar-refractivity contribution in [3.8, 4) is 12.3 Å². The van der Waals surface area contributed by atoms with Crippen LogP contribution in [0.1, 0.15) is 6.92 Å². The molecular weight excluding hydrogens is 272 g/mol. The van der Waals surface area contributed by atoms with E-state index in [1.807, 2.05) is 0 Å². The Morgan fingerprint density at radius 2 is 2.32 bits per heavy atom. The molecule has 0 aromatic heterocycles. The summed E-state index contributed by atoms with van der Waals surface area (Å²) < 4.78 is 26.1. The second kappa shape index (κ2) is 4.94. The predicted octanol–water partition coefficient (Wildman–Crippen LogP) is -0.642. The fourth-order valence-electron chi connectivity index (χ4n) is 1.69. The van der Waals surface area contributed by atoms with Crippen LogP contribution >= 0.6 is 0 Å². The lowest BCUT2D eigenvalue weighted by Gasteiger charge is -2.29. The van der Waals surface area contributed by atoms with E-state index in [1.165, 1.54) is 0 Å². The topological polar surface area (TPSA) is 107 Å². The molecule has 2 unspecified atom stereocenters. The van der Waals surface area contributed by atoms with Crippen LogP contribution in [0, 0.1) is 12.3 Å². The Bertz CT molecular complexity index is 577. The molecule has 2 atom stereocenters. The molecule has 0 spiro atoms. The van der Waals surface area contributed by atoms with Gasteiger partial charge in [0.05, 0.1) is 6.34 Å². The molecule has 2 rings (SSSR count). The number of carbonyl (C=O) groups excluding carboxylic acids is 1. The zero-order valence-corrected chi connectivity index (χ0v) is 10.9. The number of amides is 2. The number of urea groups is 1. The van der Waals surface area contributed by atoms with Gasteiger partial charge in [-0.15, -0.1) is 11.5 Å². The third kappa shape index (κ3) is 2.29. The van der Waals surface area contributed by atoms with Crippen molar-refractivity contribution in [2.24, 2.45) is 15.3 Å². The number of nitrogens with one attached hydrogen (secondary N) is 1. The van der Waals surface area contributed by atoms with E-state index in [0.717, 1.165) is 16.2 Å². The summed E-state index contributed by atoms with van der Waals surface area (Å²) in [5.74, 6) is 2.26. The molecule has 19 heavy (non-hydrogen) atoms. The van der Waals surface area contributed by atoms with Gasteiger partial charge in [0.2, 0.25) is 15.4 Å². The van der Waals surface area contributed by atoms with Crippen LogP contribution < -0.4 is 4.72 Å². The maximum Gasteiger partial charge on any atom is 0.349 e. The number of terminal acetylenes is 1. The van der Waals surface area contributed by atoms with Crippen molar-refractivity contribution in [2.75, 3.05) is 13.1 Å². The van der Waals surface area contributed by atoms with Crippen LogP contribution in [0.15, 0.2) is 15.3 Å². The van der Waals surface area contributed by atoms with Gasteiger partial charge >= 0.3 is 6.03 Å². The van der Waals surface area contributed by atoms with E-state index >= 15 is 0 Å². The normalized spacial score (nSPS) is 25.6. The van der Waals surface area contributed by atoms with E-state index in [-0.39, 0.29) is 13.1 Å². The Morgan fingerprint density at radius 3 is 2.95 bits per heavy atom. The molecule has 102 valence electrons. The lowest BCUT2D eigenvalue weighted by Crippen LogP contribution is -2.51. The predicted molar refractivity (Wildman–Crippen MR) is 66.3 cm³/mol. The molecule has 2 amide bonds. The second-order valence-electron chi connectivity index (χ2n) is 3.77. The summed E-state index contributed by atoms with van der Waals surface area (Å²) >= 11 is 0. The van der Waals surface area contributed by atoms with Gasteiger partial charge in [0.15, 0.2) is 6.17 Å². The van der Waals surface area contributed by atoms with Crippen molar-refractivity contribution >= 4 is 22.4 Å². The number of nitrogens with zero attached hydrogens (tertiary/aromatic N) is 5. The van der Waals surface area contributed by atoms with Gasteiger partial charge in [-0.05, 0) is 0 Å². The van der Waals surface area contributed by atoms with Crippen LogP contribution in [0.2, 0.25) is 0 Å². The largest absolute Gasteiger partial charge is 0.349 e.